The first-order valence-electron chi connectivity index (χ1n) is 5.29. The molecule has 1 N–H and O–H groups in total. The van der Waals surface area contributed by atoms with Crippen LogP contribution in [0.4, 0.5) is 0 Å². The maximum absolute atomic E-state index is 5.72. The minimum absolute atomic E-state index is 0.635. The van der Waals surface area contributed by atoms with Crippen LogP contribution in [0.25, 0.3) is 0 Å². The van der Waals surface area contributed by atoms with Crippen LogP contribution in [0.2, 0.25) is 0 Å². The van der Waals surface area contributed by atoms with E-state index in [0.29, 0.717) is 5.92 Å². The molecule has 0 aromatic carbocycles. The van der Waals surface area contributed by atoms with Crippen molar-refractivity contribution < 1.29 is 4.42 Å². The summed E-state index contributed by atoms with van der Waals surface area (Å²) in [6.45, 7) is 4.38. The van der Waals surface area contributed by atoms with Gasteiger partial charge in [-0.15, -0.1) is 0 Å². The normalized spacial score (nSPS) is 11.1. The van der Waals surface area contributed by atoms with Crippen molar-refractivity contribution in [1.82, 2.24) is 9.97 Å². The summed E-state index contributed by atoms with van der Waals surface area (Å²) in [6.07, 6.45) is 5.30. The van der Waals surface area contributed by atoms with E-state index in [9.17, 15) is 0 Å². The lowest BCUT2D eigenvalue weighted by molar-refractivity contribution is 0.445. The quantitative estimate of drug-likeness (QED) is 0.832. The van der Waals surface area contributed by atoms with Gasteiger partial charge < -0.3 is 9.40 Å². The fraction of sp³-hybridized carbons (Fsp3) is 0.417. The van der Waals surface area contributed by atoms with E-state index < -0.39 is 0 Å². The van der Waals surface area contributed by atoms with Crippen molar-refractivity contribution in [2.24, 2.45) is 5.92 Å². The van der Waals surface area contributed by atoms with Gasteiger partial charge in [-0.2, -0.15) is 0 Å². The Labute approximate surface area is 89.5 Å². The van der Waals surface area contributed by atoms with Gasteiger partial charge in [0.25, 0.3) is 0 Å². The van der Waals surface area contributed by atoms with E-state index in [-0.39, 0.29) is 0 Å². The van der Waals surface area contributed by atoms with E-state index in [1.54, 1.807) is 6.33 Å². The van der Waals surface area contributed by atoms with Crippen LogP contribution in [-0.4, -0.2) is 9.97 Å². The second-order valence-electron chi connectivity index (χ2n) is 4.22. The number of hydrogen-bond acceptors (Lipinski definition) is 2. The zero-order valence-electron chi connectivity index (χ0n) is 9.16. The Bertz CT molecular complexity index is 401. The van der Waals surface area contributed by atoms with Crippen LogP contribution in [0.1, 0.15) is 31.1 Å². The van der Waals surface area contributed by atoms with Crippen LogP contribution >= 0.6 is 0 Å². The van der Waals surface area contributed by atoms with Crippen LogP contribution < -0.4 is 0 Å². The molecule has 0 spiro atoms. The molecule has 0 saturated heterocycles. The van der Waals surface area contributed by atoms with Gasteiger partial charge >= 0.3 is 0 Å². The summed E-state index contributed by atoms with van der Waals surface area (Å²) in [5.41, 5.74) is 1.08. The average Bonchev–Trinajstić information content (AvgIpc) is 2.77. The number of imidazole rings is 1. The molecule has 2 aromatic heterocycles. The second-order valence-corrected chi connectivity index (χ2v) is 4.22. The highest BCUT2D eigenvalue weighted by molar-refractivity contribution is 5.13. The fourth-order valence-corrected chi connectivity index (χ4v) is 1.60. The molecule has 0 aliphatic rings. The minimum Gasteiger partial charge on any atom is -0.466 e. The van der Waals surface area contributed by atoms with Crippen LogP contribution in [0.5, 0.6) is 0 Å². The van der Waals surface area contributed by atoms with Gasteiger partial charge in [-0.1, -0.05) is 13.8 Å². The van der Waals surface area contributed by atoms with Crippen molar-refractivity contribution in [1.29, 1.82) is 0 Å². The maximum Gasteiger partial charge on any atom is 0.110 e. The van der Waals surface area contributed by atoms with Crippen molar-refractivity contribution in [2.75, 3.05) is 0 Å². The molecule has 0 bridgehead atoms. The minimum atomic E-state index is 0.635. The summed E-state index contributed by atoms with van der Waals surface area (Å²) < 4.78 is 5.72. The second kappa shape index (κ2) is 4.34. The van der Waals surface area contributed by atoms with Gasteiger partial charge in [0, 0.05) is 24.7 Å². The predicted octanol–water partition coefficient (Wildman–Crippen LogP) is 2.79. The summed E-state index contributed by atoms with van der Waals surface area (Å²) in [5.74, 6) is 2.70. The van der Waals surface area contributed by atoms with Crippen molar-refractivity contribution in [3.8, 4) is 0 Å². The summed E-state index contributed by atoms with van der Waals surface area (Å²) in [6, 6.07) is 4.10. The third-order valence-electron chi connectivity index (χ3n) is 2.25. The molecule has 3 heteroatoms. The number of aromatic nitrogens is 2. The molecule has 0 fully saturated rings. The molecule has 0 saturated carbocycles. The van der Waals surface area contributed by atoms with Gasteiger partial charge in [-0.3, -0.25) is 0 Å². The SMILES string of the molecule is CC(C)Cc1ccc(Cc2cnc[nH]2)o1. The predicted molar refractivity (Wildman–Crippen MR) is 58.6 cm³/mol. The molecule has 0 aliphatic heterocycles. The summed E-state index contributed by atoms with van der Waals surface area (Å²) in [4.78, 5) is 7.04. The Hall–Kier alpha value is -1.51. The number of H-pyrrole nitrogens is 1. The number of nitrogens with zero attached hydrogens (tertiary/aromatic N) is 1. The zero-order chi connectivity index (χ0) is 10.7. The van der Waals surface area contributed by atoms with Crippen molar-refractivity contribution >= 4 is 0 Å². The topological polar surface area (TPSA) is 41.8 Å². The number of aromatic amines is 1. The molecule has 0 amide bonds. The Morgan fingerprint density at radius 2 is 2.13 bits per heavy atom. The van der Waals surface area contributed by atoms with Crippen LogP contribution in [-0.2, 0) is 12.8 Å². The van der Waals surface area contributed by atoms with Gasteiger partial charge in [-0.05, 0) is 18.1 Å². The summed E-state index contributed by atoms with van der Waals surface area (Å²) in [7, 11) is 0. The summed E-state index contributed by atoms with van der Waals surface area (Å²) in [5, 5.41) is 0. The van der Waals surface area contributed by atoms with E-state index in [2.05, 4.69) is 29.9 Å². The van der Waals surface area contributed by atoms with Gasteiger partial charge in [0.05, 0.1) is 6.33 Å². The van der Waals surface area contributed by atoms with E-state index in [4.69, 9.17) is 4.42 Å². The number of rotatable bonds is 4. The number of nitrogens with one attached hydrogen (secondary N) is 1. The number of hydrogen-bond donors (Lipinski definition) is 1. The Balaban J connectivity index is 2.01. The van der Waals surface area contributed by atoms with Crippen LogP contribution in [0, 0.1) is 5.92 Å². The molecule has 0 atom stereocenters. The standard InChI is InChI=1S/C12H16N2O/c1-9(2)5-11-3-4-12(15-11)6-10-7-13-8-14-10/h3-4,7-9H,5-6H2,1-2H3,(H,13,14). The lowest BCUT2D eigenvalue weighted by Crippen LogP contribution is -1.91. The molecule has 2 aromatic rings. The van der Waals surface area contributed by atoms with E-state index >= 15 is 0 Å². The van der Waals surface area contributed by atoms with Gasteiger partial charge in [0.15, 0.2) is 0 Å². The highest BCUT2D eigenvalue weighted by Crippen LogP contribution is 2.14. The summed E-state index contributed by atoms with van der Waals surface area (Å²) >= 11 is 0. The highest BCUT2D eigenvalue weighted by atomic mass is 16.3. The largest absolute Gasteiger partial charge is 0.466 e. The van der Waals surface area contributed by atoms with Gasteiger partial charge in [0.1, 0.15) is 11.5 Å². The third-order valence-corrected chi connectivity index (χ3v) is 2.25. The number of furan rings is 1. The smallest absolute Gasteiger partial charge is 0.110 e. The van der Waals surface area contributed by atoms with Crippen molar-refractivity contribution in [3.05, 3.63) is 41.9 Å². The Kier molecular flexibility index (Phi) is 2.90. The van der Waals surface area contributed by atoms with Crippen LogP contribution in [0.15, 0.2) is 29.1 Å². The molecule has 0 unspecified atom stereocenters. The van der Waals surface area contributed by atoms with E-state index in [0.717, 1.165) is 30.1 Å². The molecule has 3 nitrogen and oxygen atoms in total. The van der Waals surface area contributed by atoms with Gasteiger partial charge in [0.2, 0.25) is 0 Å². The lowest BCUT2D eigenvalue weighted by Gasteiger charge is -1.99. The molecular formula is C12H16N2O. The molecule has 0 radical (unpaired) electrons. The Morgan fingerprint density at radius 3 is 2.80 bits per heavy atom. The molecule has 15 heavy (non-hydrogen) atoms. The first-order chi connectivity index (χ1) is 7.24. The fourth-order valence-electron chi connectivity index (χ4n) is 1.60. The van der Waals surface area contributed by atoms with E-state index in [1.165, 1.54) is 0 Å². The molecule has 0 aliphatic carbocycles. The first-order valence-corrected chi connectivity index (χ1v) is 5.29. The highest BCUT2D eigenvalue weighted by Gasteiger charge is 2.05. The lowest BCUT2D eigenvalue weighted by atomic mass is 10.1. The molecule has 80 valence electrons. The zero-order valence-corrected chi connectivity index (χ0v) is 9.16. The van der Waals surface area contributed by atoms with Crippen molar-refractivity contribution in [2.45, 2.75) is 26.7 Å². The third kappa shape index (κ3) is 2.72. The van der Waals surface area contributed by atoms with Gasteiger partial charge in [-0.25, -0.2) is 4.98 Å². The van der Waals surface area contributed by atoms with Crippen LogP contribution in [0.3, 0.4) is 0 Å². The monoisotopic (exact) mass is 204 g/mol. The van der Waals surface area contributed by atoms with E-state index in [1.807, 2.05) is 12.3 Å². The average molecular weight is 204 g/mol. The first kappa shape index (κ1) is 10.0. The molecular weight excluding hydrogens is 188 g/mol. The van der Waals surface area contributed by atoms with Crippen molar-refractivity contribution in [3.63, 3.8) is 0 Å². The Morgan fingerprint density at radius 1 is 1.33 bits per heavy atom. The molecule has 2 rings (SSSR count). The molecule has 2 heterocycles. The maximum atomic E-state index is 5.72.